The predicted octanol–water partition coefficient (Wildman–Crippen LogP) is -0.397. The molecule has 0 spiro atoms. The van der Waals surface area contributed by atoms with Crippen molar-refractivity contribution in [2.75, 3.05) is 0 Å². The Balaban J connectivity index is 2.40. The van der Waals surface area contributed by atoms with Gasteiger partial charge in [0.25, 0.3) is 0 Å². The van der Waals surface area contributed by atoms with Crippen LogP contribution in [0.5, 0.6) is 0 Å². The second kappa shape index (κ2) is 7.76. The number of amides is 1. The summed E-state index contributed by atoms with van der Waals surface area (Å²) in [5, 5.41) is 2.82. The molecule has 1 heterocycles. The lowest BCUT2D eigenvalue weighted by molar-refractivity contribution is -0.122. The van der Waals surface area contributed by atoms with E-state index in [1.165, 1.54) is 12.2 Å². The Morgan fingerprint density at radius 3 is 1.88 bits per heavy atom. The molecule has 0 saturated heterocycles. The summed E-state index contributed by atoms with van der Waals surface area (Å²) >= 11 is 0. The first kappa shape index (κ1) is 17.7. The highest BCUT2D eigenvalue weighted by molar-refractivity contribution is 5.76. The van der Waals surface area contributed by atoms with Gasteiger partial charge in [0.15, 0.2) is 0 Å². The number of nitrogens with one attached hydrogen (secondary N) is 1. The van der Waals surface area contributed by atoms with Crippen molar-refractivity contribution in [1.29, 1.82) is 0 Å². The minimum atomic E-state index is -0.813. The topological polar surface area (TPSA) is 95.1 Å². The van der Waals surface area contributed by atoms with Crippen LogP contribution in [0.3, 0.4) is 0 Å². The Hall–Kier alpha value is -2.64. The largest absolute Gasteiger partial charge is 0.352 e. The molecule has 1 aromatic rings. The first-order valence-electron chi connectivity index (χ1n) is 7.95. The smallest absolute Gasteiger partial charge is 0.337 e. The summed E-state index contributed by atoms with van der Waals surface area (Å²) in [6, 6.07) is 0.0858. The van der Waals surface area contributed by atoms with Gasteiger partial charge < -0.3 is 5.32 Å². The van der Waals surface area contributed by atoms with Crippen molar-refractivity contribution in [2.24, 2.45) is 0 Å². The Morgan fingerprint density at radius 1 is 0.958 bits per heavy atom. The third-order valence-corrected chi connectivity index (χ3v) is 4.03. The van der Waals surface area contributed by atoms with Gasteiger partial charge in [-0.2, -0.15) is 0 Å². The Morgan fingerprint density at radius 2 is 1.42 bits per heavy atom. The molecule has 0 aromatic carbocycles. The van der Waals surface area contributed by atoms with Gasteiger partial charge in [-0.05, 0) is 12.8 Å². The molecule has 130 valence electrons. The van der Waals surface area contributed by atoms with Crippen LogP contribution in [0, 0.1) is 0 Å². The van der Waals surface area contributed by atoms with E-state index in [4.69, 9.17) is 0 Å². The number of rotatable bonds is 7. The molecular formula is C16H22N4O4. The van der Waals surface area contributed by atoms with Gasteiger partial charge in [0.2, 0.25) is 5.91 Å². The molecule has 0 bridgehead atoms. The van der Waals surface area contributed by atoms with Crippen molar-refractivity contribution < 1.29 is 4.79 Å². The molecule has 1 N–H and O–H groups in total. The average molecular weight is 334 g/mol. The van der Waals surface area contributed by atoms with E-state index >= 15 is 0 Å². The fourth-order valence-electron chi connectivity index (χ4n) is 2.88. The molecule has 8 nitrogen and oxygen atoms in total. The van der Waals surface area contributed by atoms with Crippen molar-refractivity contribution >= 4 is 5.91 Å². The summed E-state index contributed by atoms with van der Waals surface area (Å²) in [5.74, 6) is -0.407. The van der Waals surface area contributed by atoms with Crippen LogP contribution in [0.25, 0.3) is 0 Å². The molecule has 1 fully saturated rings. The van der Waals surface area contributed by atoms with Crippen LogP contribution in [0.4, 0.5) is 0 Å². The third-order valence-electron chi connectivity index (χ3n) is 4.03. The van der Waals surface area contributed by atoms with Gasteiger partial charge in [-0.25, -0.2) is 28.1 Å². The molecule has 2 rings (SSSR count). The van der Waals surface area contributed by atoms with Gasteiger partial charge in [0, 0.05) is 6.04 Å². The number of nitrogens with zero attached hydrogens (tertiary/aromatic N) is 3. The van der Waals surface area contributed by atoms with Crippen LogP contribution in [-0.2, 0) is 24.4 Å². The van der Waals surface area contributed by atoms with Crippen molar-refractivity contribution in [3.63, 3.8) is 0 Å². The highest BCUT2D eigenvalue weighted by atomic mass is 16.2. The molecule has 1 aliphatic carbocycles. The average Bonchev–Trinajstić information content (AvgIpc) is 3.05. The molecule has 1 saturated carbocycles. The van der Waals surface area contributed by atoms with Crippen LogP contribution in [-0.4, -0.2) is 25.7 Å². The van der Waals surface area contributed by atoms with Crippen molar-refractivity contribution in [3.05, 3.63) is 56.8 Å². The van der Waals surface area contributed by atoms with E-state index in [1.54, 1.807) is 0 Å². The summed E-state index contributed by atoms with van der Waals surface area (Å²) < 4.78 is 2.53. The predicted molar refractivity (Wildman–Crippen MR) is 90.0 cm³/mol. The second-order valence-electron chi connectivity index (χ2n) is 5.78. The van der Waals surface area contributed by atoms with Gasteiger partial charge in [0.05, 0.1) is 13.1 Å². The standard InChI is InChI=1S/C16H22N4O4/c1-3-9-18-14(22)19(10-4-2)16(24)20(15(18)23)11-13(21)17-12-7-5-6-8-12/h3-4,12H,1-2,5-11H2,(H,17,21). The van der Waals surface area contributed by atoms with E-state index in [1.807, 2.05) is 0 Å². The van der Waals surface area contributed by atoms with Crippen LogP contribution in [0.15, 0.2) is 39.7 Å². The van der Waals surface area contributed by atoms with Crippen molar-refractivity contribution in [2.45, 2.75) is 51.4 Å². The van der Waals surface area contributed by atoms with E-state index in [9.17, 15) is 19.2 Å². The molecule has 1 aliphatic rings. The van der Waals surface area contributed by atoms with E-state index in [2.05, 4.69) is 18.5 Å². The maximum Gasteiger partial charge on any atom is 0.337 e. The molecule has 0 unspecified atom stereocenters. The van der Waals surface area contributed by atoms with Crippen molar-refractivity contribution in [1.82, 2.24) is 19.0 Å². The number of aromatic nitrogens is 3. The second-order valence-corrected chi connectivity index (χ2v) is 5.78. The Bertz CT molecular complexity index is 761. The van der Waals surface area contributed by atoms with Gasteiger partial charge in [-0.15, -0.1) is 13.2 Å². The zero-order chi connectivity index (χ0) is 17.7. The molecule has 0 radical (unpaired) electrons. The van der Waals surface area contributed by atoms with E-state index in [-0.39, 0.29) is 19.1 Å². The summed E-state index contributed by atoms with van der Waals surface area (Å²) in [4.78, 5) is 49.2. The Labute approximate surface area is 138 Å². The maximum atomic E-state index is 12.4. The first-order valence-corrected chi connectivity index (χ1v) is 7.95. The maximum absolute atomic E-state index is 12.4. The molecular weight excluding hydrogens is 312 g/mol. The normalized spacial score (nSPS) is 14.5. The monoisotopic (exact) mass is 334 g/mol. The van der Waals surface area contributed by atoms with Crippen LogP contribution < -0.4 is 22.4 Å². The quantitative estimate of drug-likeness (QED) is 0.687. The highest BCUT2D eigenvalue weighted by Crippen LogP contribution is 2.17. The van der Waals surface area contributed by atoms with Gasteiger partial charge in [0.1, 0.15) is 6.54 Å². The van der Waals surface area contributed by atoms with E-state index < -0.39 is 29.5 Å². The summed E-state index contributed by atoms with van der Waals surface area (Å²) in [7, 11) is 0. The molecule has 8 heteroatoms. The Kier molecular flexibility index (Phi) is 5.73. The van der Waals surface area contributed by atoms with E-state index in [0.29, 0.717) is 0 Å². The number of hydrogen-bond acceptors (Lipinski definition) is 4. The van der Waals surface area contributed by atoms with Gasteiger partial charge >= 0.3 is 17.1 Å². The molecule has 0 atom stereocenters. The summed E-state index contributed by atoms with van der Waals surface area (Å²) in [6.07, 6.45) is 6.68. The minimum Gasteiger partial charge on any atom is -0.352 e. The van der Waals surface area contributed by atoms with Gasteiger partial charge in [-0.1, -0.05) is 25.0 Å². The van der Waals surface area contributed by atoms with Gasteiger partial charge in [-0.3, -0.25) is 4.79 Å². The lowest BCUT2D eigenvalue weighted by Gasteiger charge is -2.14. The minimum absolute atomic E-state index is 0.0423. The number of carbonyl (C=O) groups excluding carboxylic acids is 1. The highest BCUT2D eigenvalue weighted by Gasteiger charge is 2.20. The molecule has 1 amide bonds. The fraction of sp³-hybridized carbons (Fsp3) is 0.500. The third kappa shape index (κ3) is 3.64. The summed E-state index contributed by atoms with van der Waals surface area (Å²) in [5.41, 5.74) is -2.36. The lowest BCUT2D eigenvalue weighted by atomic mass is 10.2. The number of hydrogen-bond donors (Lipinski definition) is 1. The zero-order valence-corrected chi connectivity index (χ0v) is 13.6. The van der Waals surface area contributed by atoms with Crippen LogP contribution >= 0.6 is 0 Å². The SMILES string of the molecule is C=CCn1c(=O)n(CC=C)c(=O)n(CC(=O)NC2CCCC2)c1=O. The summed E-state index contributed by atoms with van der Waals surface area (Å²) in [6.45, 7) is 6.50. The molecule has 24 heavy (non-hydrogen) atoms. The number of allylic oxidation sites excluding steroid dienone is 2. The van der Waals surface area contributed by atoms with Crippen LogP contribution in [0.2, 0.25) is 0 Å². The first-order chi connectivity index (χ1) is 11.5. The van der Waals surface area contributed by atoms with E-state index in [0.717, 1.165) is 39.4 Å². The van der Waals surface area contributed by atoms with Crippen LogP contribution in [0.1, 0.15) is 25.7 Å². The molecule has 1 aromatic heterocycles. The lowest BCUT2D eigenvalue weighted by Crippen LogP contribution is -2.55. The molecule has 0 aliphatic heterocycles. The number of carbonyl (C=O) groups is 1. The zero-order valence-electron chi connectivity index (χ0n) is 13.6. The van der Waals surface area contributed by atoms with Crippen molar-refractivity contribution in [3.8, 4) is 0 Å². The fourth-order valence-corrected chi connectivity index (χ4v) is 2.88.